The van der Waals surface area contributed by atoms with Gasteiger partial charge in [0.05, 0.1) is 23.7 Å². The van der Waals surface area contributed by atoms with Crippen LogP contribution in [0.2, 0.25) is 0 Å². The smallest absolute Gasteiger partial charge is 0.241 e. The first kappa shape index (κ1) is 41.5. The Morgan fingerprint density at radius 2 is 1.41 bits per heavy atom. The van der Waals surface area contributed by atoms with Gasteiger partial charge in [0.1, 0.15) is 6.04 Å². The summed E-state index contributed by atoms with van der Waals surface area (Å²) in [5.41, 5.74) is 7.48. The normalized spacial score (nSPS) is 19.8. The fraction of sp³-hybridized carbons (Fsp3) is 0.354. The van der Waals surface area contributed by atoms with Crippen molar-refractivity contribution < 1.29 is 27.8 Å². The first-order valence-corrected chi connectivity index (χ1v) is 22.0. The van der Waals surface area contributed by atoms with Crippen molar-refractivity contribution >= 4 is 15.9 Å². The van der Waals surface area contributed by atoms with Gasteiger partial charge in [-0.05, 0) is 84.8 Å². The quantitative estimate of drug-likeness (QED) is 0.104. The van der Waals surface area contributed by atoms with E-state index in [2.05, 4.69) is 39.2 Å². The highest BCUT2D eigenvalue weighted by Gasteiger charge is 2.33. The number of aliphatic hydroxyl groups excluding tert-OH is 1. The molecule has 2 heterocycles. The van der Waals surface area contributed by atoms with E-state index >= 15 is 0 Å². The zero-order valence-corrected chi connectivity index (χ0v) is 34.1. The number of carbonyl (C=O) groups excluding carboxylic acids is 1. The zero-order chi connectivity index (χ0) is 40.3. The fourth-order valence-corrected chi connectivity index (χ4v) is 9.10. The summed E-state index contributed by atoms with van der Waals surface area (Å²) in [6, 6.07) is 39.1. The van der Waals surface area contributed by atoms with E-state index in [1.54, 1.807) is 24.3 Å². The van der Waals surface area contributed by atoms with Crippen LogP contribution in [0.15, 0.2) is 132 Å². The molecule has 304 valence electrons. The molecule has 58 heavy (non-hydrogen) atoms. The summed E-state index contributed by atoms with van der Waals surface area (Å²) in [4.78, 5) is 16.5. The van der Waals surface area contributed by atoms with Crippen LogP contribution in [-0.4, -0.2) is 56.1 Å². The second-order valence-corrected chi connectivity index (χ2v) is 17.3. The van der Waals surface area contributed by atoms with Gasteiger partial charge in [0.2, 0.25) is 15.9 Å². The average molecular weight is 802 g/mol. The number of aliphatic hydroxyl groups is 1. The number of rotatable bonds is 14. The lowest BCUT2D eigenvalue weighted by Crippen LogP contribution is -2.47. The Morgan fingerprint density at radius 3 is 2.12 bits per heavy atom. The second-order valence-electron chi connectivity index (χ2n) is 15.6. The molecule has 2 aliphatic rings. The number of hydrogen-bond donors (Lipinski definition) is 3. The van der Waals surface area contributed by atoms with E-state index < -0.39 is 28.3 Å². The fourth-order valence-electron chi connectivity index (χ4n) is 7.91. The molecule has 0 radical (unpaired) electrons. The molecule has 2 saturated heterocycles. The molecule has 10 heteroatoms. The predicted octanol–water partition coefficient (Wildman–Crippen LogP) is 8.17. The van der Waals surface area contributed by atoms with E-state index in [4.69, 9.17) is 9.47 Å². The standard InChI is InChI=1S/C48H55N3O6S/c1-35-16-26-43(27-17-35)58(54,55)50-45(30-36-12-6-5-7-13-36)47(53)49-32-41-14-8-9-15-44(41)38-22-24-40(25-23-38)48-56-42(33-51-28-10-3-2-4-11-29-51)31-46(57-48)39-20-18-37(34-52)19-21-39/h5-9,12-27,42,45-46,48,50,52H,2-4,10-11,28-34H2,1H3,(H,49,53)/t42-,45+,46+,48+/m0/s1. The molecule has 7 rings (SSSR count). The molecule has 4 atom stereocenters. The number of hydrogen-bond acceptors (Lipinski definition) is 7. The van der Waals surface area contributed by atoms with Crippen LogP contribution < -0.4 is 10.0 Å². The molecule has 5 aromatic rings. The highest BCUT2D eigenvalue weighted by molar-refractivity contribution is 7.89. The first-order chi connectivity index (χ1) is 28.2. The van der Waals surface area contributed by atoms with Crippen molar-refractivity contribution in [2.45, 2.75) is 94.5 Å². The Labute approximate surface area is 343 Å². The van der Waals surface area contributed by atoms with E-state index in [1.165, 1.54) is 32.1 Å². The number of amides is 1. The van der Waals surface area contributed by atoms with Crippen LogP contribution in [-0.2, 0) is 43.9 Å². The SMILES string of the molecule is Cc1ccc(S(=O)(=O)N[C@H](Cc2ccccc2)C(=O)NCc2ccccc2-c2ccc([C@@H]3O[C@H](CN4CCCCCCC4)C[C@H](c4ccc(CO)cc4)O3)cc2)cc1. The Kier molecular flexibility index (Phi) is 14.2. The minimum Gasteiger partial charge on any atom is -0.392 e. The maximum atomic E-state index is 13.8. The Hall–Kier alpha value is -4.68. The van der Waals surface area contributed by atoms with Crippen LogP contribution in [0.25, 0.3) is 11.1 Å². The first-order valence-electron chi connectivity index (χ1n) is 20.6. The molecule has 0 spiro atoms. The minimum atomic E-state index is -3.97. The molecule has 1 amide bonds. The molecule has 9 nitrogen and oxygen atoms in total. The molecule has 5 aromatic carbocycles. The van der Waals surface area contributed by atoms with E-state index in [9.17, 15) is 18.3 Å². The van der Waals surface area contributed by atoms with Gasteiger partial charge in [-0.15, -0.1) is 0 Å². The summed E-state index contributed by atoms with van der Waals surface area (Å²) in [6.45, 7) is 5.15. The summed E-state index contributed by atoms with van der Waals surface area (Å²) in [6.07, 6.45) is 6.55. The van der Waals surface area contributed by atoms with E-state index in [0.29, 0.717) is 0 Å². The summed E-state index contributed by atoms with van der Waals surface area (Å²) in [5, 5.41) is 12.7. The number of sulfonamides is 1. The molecule has 0 bridgehead atoms. The van der Waals surface area contributed by atoms with Gasteiger partial charge < -0.3 is 24.8 Å². The maximum Gasteiger partial charge on any atom is 0.241 e. The van der Waals surface area contributed by atoms with Crippen LogP contribution in [0.1, 0.15) is 84.3 Å². The number of carbonyl (C=O) groups is 1. The van der Waals surface area contributed by atoms with Crippen LogP contribution in [0.3, 0.4) is 0 Å². The zero-order valence-electron chi connectivity index (χ0n) is 33.3. The summed E-state index contributed by atoms with van der Waals surface area (Å²) >= 11 is 0. The van der Waals surface area contributed by atoms with E-state index in [-0.39, 0.29) is 36.7 Å². The lowest BCUT2D eigenvalue weighted by Gasteiger charge is -2.39. The Bertz CT molecular complexity index is 2170. The number of benzene rings is 5. The van der Waals surface area contributed by atoms with Crippen LogP contribution >= 0.6 is 0 Å². The van der Waals surface area contributed by atoms with Crippen molar-refractivity contribution in [2.24, 2.45) is 0 Å². The minimum absolute atomic E-state index is 0.00180. The average Bonchev–Trinajstić information content (AvgIpc) is 3.24. The summed E-state index contributed by atoms with van der Waals surface area (Å²) in [7, 11) is -3.97. The van der Waals surface area contributed by atoms with E-state index in [1.807, 2.05) is 85.8 Å². The third kappa shape index (κ3) is 11.1. The van der Waals surface area contributed by atoms with Gasteiger partial charge in [0.15, 0.2) is 6.29 Å². The Morgan fingerprint density at radius 1 is 0.759 bits per heavy atom. The van der Waals surface area contributed by atoms with Crippen LogP contribution in [0, 0.1) is 6.92 Å². The third-order valence-corrected chi connectivity index (χ3v) is 12.7. The van der Waals surface area contributed by atoms with Gasteiger partial charge in [-0.25, -0.2) is 8.42 Å². The van der Waals surface area contributed by atoms with Crippen molar-refractivity contribution in [1.82, 2.24) is 14.9 Å². The molecule has 0 aliphatic carbocycles. The number of likely N-dealkylation sites (tertiary alicyclic amines) is 1. The highest BCUT2D eigenvalue weighted by Crippen LogP contribution is 2.39. The molecule has 2 fully saturated rings. The summed E-state index contributed by atoms with van der Waals surface area (Å²) in [5.74, 6) is -0.415. The molecule has 0 aromatic heterocycles. The number of ether oxygens (including phenoxy) is 2. The maximum absolute atomic E-state index is 13.8. The van der Waals surface area contributed by atoms with Gasteiger partial charge in [0, 0.05) is 25.1 Å². The molecule has 2 aliphatic heterocycles. The molecular formula is C48H55N3O6S. The van der Waals surface area contributed by atoms with Crippen molar-refractivity contribution in [3.05, 3.63) is 161 Å². The van der Waals surface area contributed by atoms with Crippen molar-refractivity contribution in [3.63, 3.8) is 0 Å². The molecular weight excluding hydrogens is 747 g/mol. The summed E-state index contributed by atoms with van der Waals surface area (Å²) < 4.78 is 42.9. The number of nitrogens with one attached hydrogen (secondary N) is 2. The highest BCUT2D eigenvalue weighted by atomic mass is 32.2. The van der Waals surface area contributed by atoms with E-state index in [0.717, 1.165) is 70.6 Å². The molecule has 3 N–H and O–H groups in total. The number of aryl methyl sites for hydroxylation is 1. The third-order valence-electron chi connectivity index (χ3n) is 11.2. The molecule has 0 unspecified atom stereocenters. The number of nitrogens with zero attached hydrogens (tertiary/aromatic N) is 1. The van der Waals surface area contributed by atoms with Crippen LogP contribution in [0.4, 0.5) is 0 Å². The monoisotopic (exact) mass is 801 g/mol. The van der Waals surface area contributed by atoms with Gasteiger partial charge in [-0.3, -0.25) is 4.79 Å². The van der Waals surface area contributed by atoms with Gasteiger partial charge >= 0.3 is 0 Å². The van der Waals surface area contributed by atoms with Gasteiger partial charge in [0.25, 0.3) is 0 Å². The largest absolute Gasteiger partial charge is 0.392 e. The van der Waals surface area contributed by atoms with Gasteiger partial charge in [-0.2, -0.15) is 4.72 Å². The second kappa shape index (κ2) is 19.8. The predicted molar refractivity (Wildman–Crippen MR) is 227 cm³/mol. The van der Waals surface area contributed by atoms with Crippen LogP contribution in [0.5, 0.6) is 0 Å². The van der Waals surface area contributed by atoms with Gasteiger partial charge in [-0.1, -0.05) is 140 Å². The molecule has 0 saturated carbocycles. The van der Waals surface area contributed by atoms with Crippen molar-refractivity contribution in [3.8, 4) is 11.1 Å². The Balaban J connectivity index is 1.06. The van der Waals surface area contributed by atoms with Crippen molar-refractivity contribution in [2.75, 3.05) is 19.6 Å². The van der Waals surface area contributed by atoms with Crippen molar-refractivity contribution in [1.29, 1.82) is 0 Å². The lowest BCUT2D eigenvalue weighted by molar-refractivity contribution is -0.253. The topological polar surface area (TPSA) is 117 Å². The lowest BCUT2D eigenvalue weighted by atomic mass is 9.97.